The number of rotatable bonds is 5. The van der Waals surface area contributed by atoms with Crippen LogP contribution in [-0.2, 0) is 19.1 Å². The number of ether oxygens (including phenoxy) is 1. The van der Waals surface area contributed by atoms with Gasteiger partial charge < -0.3 is 10.1 Å². The van der Waals surface area contributed by atoms with Gasteiger partial charge in [0.1, 0.15) is 0 Å². The maximum Gasteiger partial charge on any atom is 0.338 e. The molecule has 3 amide bonds. The molecule has 1 aliphatic carbocycles. The number of esters is 1. The van der Waals surface area contributed by atoms with Gasteiger partial charge in [-0.3, -0.25) is 19.3 Å². The molecule has 7 nitrogen and oxygen atoms in total. The number of fused-ring (bicyclic) bond motifs is 1. The number of halogens is 1. The maximum atomic E-state index is 12.8. The van der Waals surface area contributed by atoms with Crippen LogP contribution in [-0.4, -0.2) is 30.3 Å². The molecule has 164 valence electrons. The Morgan fingerprint density at radius 3 is 2.41 bits per heavy atom. The molecule has 0 aromatic heterocycles. The zero-order chi connectivity index (χ0) is 22.8. The van der Waals surface area contributed by atoms with Gasteiger partial charge in [-0.25, -0.2) is 4.79 Å². The van der Waals surface area contributed by atoms with Crippen molar-refractivity contribution in [2.45, 2.75) is 19.8 Å². The number of benzene rings is 2. The molecular formula is C24H21BrN2O5. The van der Waals surface area contributed by atoms with Crippen molar-refractivity contribution in [1.29, 1.82) is 0 Å². The molecule has 0 bridgehead atoms. The van der Waals surface area contributed by atoms with Crippen LogP contribution >= 0.6 is 15.9 Å². The van der Waals surface area contributed by atoms with Crippen molar-refractivity contribution in [3.05, 3.63) is 70.2 Å². The van der Waals surface area contributed by atoms with E-state index < -0.39 is 18.5 Å². The summed E-state index contributed by atoms with van der Waals surface area (Å²) in [6, 6.07) is 11.5. The van der Waals surface area contributed by atoms with Gasteiger partial charge in [0.15, 0.2) is 6.61 Å². The molecule has 8 heteroatoms. The van der Waals surface area contributed by atoms with Crippen molar-refractivity contribution < 1.29 is 23.9 Å². The number of hydrogen-bond acceptors (Lipinski definition) is 5. The summed E-state index contributed by atoms with van der Waals surface area (Å²) in [6.07, 6.45) is 4.93. The van der Waals surface area contributed by atoms with Crippen LogP contribution in [0.15, 0.2) is 59.1 Å². The number of anilines is 2. The summed E-state index contributed by atoms with van der Waals surface area (Å²) in [5.74, 6) is -2.40. The van der Waals surface area contributed by atoms with Crippen LogP contribution in [0.4, 0.5) is 11.4 Å². The third-order valence-corrected chi connectivity index (χ3v) is 6.51. The maximum absolute atomic E-state index is 12.8. The minimum Gasteiger partial charge on any atom is -0.452 e. The van der Waals surface area contributed by atoms with Crippen LogP contribution in [0, 0.1) is 18.8 Å². The number of allylic oxidation sites excluding steroid dienone is 2. The second-order valence-electron chi connectivity index (χ2n) is 7.81. The number of carbonyl (C=O) groups excluding carboxylic acids is 4. The Morgan fingerprint density at radius 1 is 1.06 bits per heavy atom. The molecule has 0 unspecified atom stereocenters. The molecule has 2 aliphatic rings. The van der Waals surface area contributed by atoms with Gasteiger partial charge in [-0.15, -0.1) is 0 Å². The van der Waals surface area contributed by atoms with Crippen LogP contribution in [0.1, 0.15) is 28.8 Å². The Hall–Kier alpha value is -3.26. The largest absolute Gasteiger partial charge is 0.452 e. The Kier molecular flexibility index (Phi) is 6.23. The smallest absolute Gasteiger partial charge is 0.338 e. The fraction of sp³-hybridized carbons (Fsp3) is 0.250. The van der Waals surface area contributed by atoms with E-state index >= 15 is 0 Å². The first-order valence-electron chi connectivity index (χ1n) is 10.2. The molecule has 2 atom stereocenters. The van der Waals surface area contributed by atoms with E-state index in [-0.39, 0.29) is 29.2 Å². The minimum absolute atomic E-state index is 0.156. The molecule has 2 aromatic carbocycles. The van der Waals surface area contributed by atoms with E-state index in [2.05, 4.69) is 21.2 Å². The highest BCUT2D eigenvalue weighted by atomic mass is 79.9. The molecule has 1 fully saturated rings. The van der Waals surface area contributed by atoms with Gasteiger partial charge in [-0.1, -0.05) is 34.1 Å². The average Bonchev–Trinajstić information content (AvgIpc) is 3.05. The Labute approximate surface area is 193 Å². The van der Waals surface area contributed by atoms with E-state index in [0.717, 1.165) is 14.9 Å². The van der Waals surface area contributed by atoms with E-state index in [0.29, 0.717) is 24.2 Å². The Bertz CT molecular complexity index is 1120. The fourth-order valence-electron chi connectivity index (χ4n) is 3.96. The lowest BCUT2D eigenvalue weighted by Crippen LogP contribution is -2.31. The third kappa shape index (κ3) is 4.36. The summed E-state index contributed by atoms with van der Waals surface area (Å²) < 4.78 is 6.05. The summed E-state index contributed by atoms with van der Waals surface area (Å²) in [5.41, 5.74) is 2.04. The van der Waals surface area contributed by atoms with E-state index in [9.17, 15) is 19.2 Å². The normalized spacial score (nSPS) is 19.6. The van der Waals surface area contributed by atoms with E-state index in [1.54, 1.807) is 24.3 Å². The third-order valence-electron chi connectivity index (χ3n) is 5.62. The standard InChI is InChI=1S/C24H21BrN2O5/c1-14-11-16(9-10-20(14)25)26-21(28)13-32-24(31)15-5-4-6-17(12-15)27-22(29)18-7-2-3-8-19(18)23(27)30/h2-6,9-12,18-19H,7-8,13H2,1H3,(H,26,28)/t18-,19-/m0/s1. The number of imide groups is 1. The summed E-state index contributed by atoms with van der Waals surface area (Å²) in [4.78, 5) is 51.3. The molecule has 0 saturated carbocycles. The molecule has 0 radical (unpaired) electrons. The number of amides is 3. The quantitative estimate of drug-likeness (QED) is 0.383. The summed E-state index contributed by atoms with van der Waals surface area (Å²) >= 11 is 3.40. The first kappa shape index (κ1) is 22.0. The summed E-state index contributed by atoms with van der Waals surface area (Å²) in [6.45, 7) is 1.43. The molecular weight excluding hydrogens is 476 g/mol. The van der Waals surface area contributed by atoms with Crippen LogP contribution < -0.4 is 10.2 Å². The minimum atomic E-state index is -0.716. The van der Waals surface area contributed by atoms with Gasteiger partial charge >= 0.3 is 5.97 Å². The highest BCUT2D eigenvalue weighted by Gasteiger charge is 2.47. The first-order chi connectivity index (χ1) is 15.3. The second-order valence-corrected chi connectivity index (χ2v) is 8.66. The van der Waals surface area contributed by atoms with Crippen LogP contribution in [0.5, 0.6) is 0 Å². The number of carbonyl (C=O) groups is 4. The zero-order valence-corrected chi connectivity index (χ0v) is 18.9. The summed E-state index contributed by atoms with van der Waals surface area (Å²) in [5, 5.41) is 2.67. The van der Waals surface area contributed by atoms with Crippen molar-refractivity contribution in [3.63, 3.8) is 0 Å². The predicted molar refractivity (Wildman–Crippen MR) is 122 cm³/mol. The molecule has 4 rings (SSSR count). The molecule has 1 heterocycles. The van der Waals surface area contributed by atoms with Gasteiger partial charge in [0.25, 0.3) is 5.91 Å². The first-order valence-corrected chi connectivity index (χ1v) is 11.0. The molecule has 1 saturated heterocycles. The van der Waals surface area contributed by atoms with Crippen molar-refractivity contribution in [1.82, 2.24) is 0 Å². The lowest BCUT2D eigenvalue weighted by Gasteiger charge is -2.15. The SMILES string of the molecule is Cc1cc(NC(=O)COC(=O)c2cccc(N3C(=O)[C@H]4CC=CC[C@@H]4C3=O)c2)ccc1Br. The molecule has 1 N–H and O–H groups in total. The highest BCUT2D eigenvalue weighted by Crippen LogP contribution is 2.37. The van der Waals surface area contributed by atoms with Crippen LogP contribution in [0.2, 0.25) is 0 Å². The molecule has 32 heavy (non-hydrogen) atoms. The molecule has 0 spiro atoms. The van der Waals surface area contributed by atoms with Crippen molar-refractivity contribution in [2.75, 3.05) is 16.8 Å². The van der Waals surface area contributed by atoms with Crippen molar-refractivity contribution in [3.8, 4) is 0 Å². The summed E-state index contributed by atoms with van der Waals surface area (Å²) in [7, 11) is 0. The Balaban J connectivity index is 1.40. The number of hydrogen-bond donors (Lipinski definition) is 1. The van der Waals surface area contributed by atoms with Gasteiger partial charge in [0.05, 0.1) is 23.1 Å². The van der Waals surface area contributed by atoms with E-state index in [1.807, 2.05) is 25.1 Å². The van der Waals surface area contributed by atoms with E-state index in [1.165, 1.54) is 12.1 Å². The van der Waals surface area contributed by atoms with Crippen molar-refractivity contribution in [2.24, 2.45) is 11.8 Å². The van der Waals surface area contributed by atoms with Crippen LogP contribution in [0.3, 0.4) is 0 Å². The van der Waals surface area contributed by atoms with Crippen molar-refractivity contribution >= 4 is 51.0 Å². The van der Waals surface area contributed by atoms with E-state index in [4.69, 9.17) is 4.74 Å². The van der Waals surface area contributed by atoms with Gasteiger partial charge in [0.2, 0.25) is 11.8 Å². The Morgan fingerprint density at radius 2 is 1.75 bits per heavy atom. The number of nitrogens with one attached hydrogen (secondary N) is 1. The second kappa shape index (κ2) is 9.08. The monoisotopic (exact) mass is 496 g/mol. The number of nitrogens with zero attached hydrogens (tertiary/aromatic N) is 1. The number of aryl methyl sites for hydroxylation is 1. The predicted octanol–water partition coefficient (Wildman–Crippen LogP) is 4.01. The highest BCUT2D eigenvalue weighted by molar-refractivity contribution is 9.10. The van der Waals surface area contributed by atoms with Gasteiger partial charge in [0, 0.05) is 10.2 Å². The zero-order valence-electron chi connectivity index (χ0n) is 17.3. The average molecular weight is 497 g/mol. The van der Waals surface area contributed by atoms with Gasteiger partial charge in [-0.05, 0) is 61.7 Å². The lowest BCUT2D eigenvalue weighted by atomic mass is 9.85. The topological polar surface area (TPSA) is 92.8 Å². The molecule has 2 aromatic rings. The van der Waals surface area contributed by atoms with Gasteiger partial charge in [-0.2, -0.15) is 0 Å². The fourth-order valence-corrected chi connectivity index (χ4v) is 4.21. The molecule has 1 aliphatic heterocycles. The van der Waals surface area contributed by atoms with Crippen LogP contribution in [0.25, 0.3) is 0 Å². The lowest BCUT2D eigenvalue weighted by molar-refractivity contribution is -0.122.